The van der Waals surface area contributed by atoms with E-state index in [-0.39, 0.29) is 69.9 Å². The summed E-state index contributed by atoms with van der Waals surface area (Å²) in [5.74, 6) is -1.11. The molecule has 10 heteroatoms. The molecule has 0 aliphatic carbocycles. The second-order valence-corrected chi connectivity index (χ2v) is 8.14. The van der Waals surface area contributed by atoms with Gasteiger partial charge in [-0.25, -0.2) is 0 Å². The first-order valence-corrected chi connectivity index (χ1v) is 10.1. The van der Waals surface area contributed by atoms with Crippen molar-refractivity contribution < 1.29 is 45.8 Å². The molecule has 0 aromatic heterocycles. The molecule has 3 saturated heterocycles. The van der Waals surface area contributed by atoms with Gasteiger partial charge < -0.3 is 14.7 Å². The Balaban J connectivity index is 0.000000429. The molecule has 3 atom stereocenters. The summed E-state index contributed by atoms with van der Waals surface area (Å²) in [6.45, 7) is 6.60. The van der Waals surface area contributed by atoms with Gasteiger partial charge in [-0.2, -0.15) is 0 Å². The number of carbonyl (C=O) groups excluding carboxylic acids is 6. The van der Waals surface area contributed by atoms with E-state index in [9.17, 15) is 28.8 Å². The average Bonchev–Trinajstić information content (AvgIpc) is 3.29. The van der Waals surface area contributed by atoms with Gasteiger partial charge in [0.15, 0.2) is 0 Å². The molecule has 31 heavy (non-hydrogen) atoms. The van der Waals surface area contributed by atoms with Crippen LogP contribution in [0.2, 0.25) is 0 Å². The van der Waals surface area contributed by atoms with Crippen LogP contribution in [-0.2, 0) is 45.8 Å². The van der Waals surface area contributed by atoms with E-state index in [2.05, 4.69) is 0 Å². The second-order valence-electron chi connectivity index (χ2n) is 8.14. The molecular formula is C21H33FeN3O6+3. The molecular weight excluding hydrogens is 446 g/mol. The number of rotatable bonds is 3. The van der Waals surface area contributed by atoms with Gasteiger partial charge in [0.05, 0.1) is 17.8 Å². The van der Waals surface area contributed by atoms with Crippen LogP contribution in [0, 0.1) is 17.8 Å². The van der Waals surface area contributed by atoms with E-state index in [1.165, 1.54) is 20.8 Å². The first-order chi connectivity index (χ1) is 13.9. The molecule has 0 aromatic carbocycles. The van der Waals surface area contributed by atoms with Crippen LogP contribution in [0.5, 0.6) is 0 Å². The van der Waals surface area contributed by atoms with Crippen LogP contribution in [0.1, 0.15) is 40.0 Å². The normalized spacial score (nSPS) is 24.8. The average molecular weight is 479 g/mol. The minimum Gasteiger partial charge on any atom is -0.345 e. The Labute approximate surface area is 194 Å². The molecule has 3 unspecified atom stereocenters. The van der Waals surface area contributed by atoms with Gasteiger partial charge in [-0.1, -0.05) is 0 Å². The number of nitrogens with zero attached hydrogens (tertiary/aromatic N) is 3. The second kappa shape index (κ2) is 12.7. The zero-order chi connectivity index (χ0) is 23.2. The van der Waals surface area contributed by atoms with Gasteiger partial charge in [0.25, 0.3) is 0 Å². The Bertz CT molecular complexity index is 631. The summed E-state index contributed by atoms with van der Waals surface area (Å²) in [5, 5.41) is 0. The third kappa shape index (κ3) is 7.85. The standard InChI is InChI=1S/3C7H11NO2.Fe/c3*1-5(9)6-3-4-8(2)7(6)10;/h3*6H,3-4H2,1-2H3;/q;;;+3. The number of carbonyl (C=O) groups is 6. The van der Waals surface area contributed by atoms with Crippen LogP contribution in [0.3, 0.4) is 0 Å². The van der Waals surface area contributed by atoms with Crippen LogP contribution in [-0.4, -0.2) is 90.5 Å². The molecule has 3 amide bonds. The van der Waals surface area contributed by atoms with E-state index >= 15 is 0 Å². The predicted octanol–water partition coefficient (Wildman–Crippen LogP) is 0.159. The molecule has 3 aliphatic rings. The van der Waals surface area contributed by atoms with Gasteiger partial charge in [-0.3, -0.25) is 28.8 Å². The van der Waals surface area contributed by atoms with Crippen molar-refractivity contribution >= 4 is 35.1 Å². The first-order valence-electron chi connectivity index (χ1n) is 10.1. The summed E-state index contributed by atoms with van der Waals surface area (Å²) >= 11 is 0. The summed E-state index contributed by atoms with van der Waals surface area (Å²) in [4.78, 5) is 70.2. The molecule has 3 rings (SSSR count). The maximum Gasteiger partial charge on any atom is 3.00 e. The Morgan fingerprint density at radius 3 is 0.839 bits per heavy atom. The van der Waals surface area contributed by atoms with Gasteiger partial charge in [-0.05, 0) is 40.0 Å². The van der Waals surface area contributed by atoms with E-state index in [1.807, 2.05) is 0 Å². The topological polar surface area (TPSA) is 112 Å². The summed E-state index contributed by atoms with van der Waals surface area (Å²) in [6, 6.07) is 0. The van der Waals surface area contributed by atoms with Crippen LogP contribution in [0.15, 0.2) is 0 Å². The molecule has 0 spiro atoms. The van der Waals surface area contributed by atoms with Crippen LogP contribution < -0.4 is 0 Å². The maximum atomic E-state index is 11.1. The van der Waals surface area contributed by atoms with Crippen molar-refractivity contribution in [2.24, 2.45) is 17.8 Å². The number of amides is 3. The number of hydrogen-bond acceptors (Lipinski definition) is 6. The fourth-order valence-electron chi connectivity index (χ4n) is 3.60. The zero-order valence-electron chi connectivity index (χ0n) is 19.1. The molecule has 0 N–H and O–H groups in total. The molecule has 173 valence electrons. The number of ketones is 3. The summed E-state index contributed by atoms with van der Waals surface area (Å²) < 4.78 is 0. The molecule has 0 bridgehead atoms. The molecule has 0 saturated carbocycles. The Hall–Kier alpha value is -2.06. The Morgan fingerprint density at radius 1 is 0.581 bits per heavy atom. The van der Waals surface area contributed by atoms with Crippen molar-refractivity contribution in [1.82, 2.24) is 14.7 Å². The quantitative estimate of drug-likeness (QED) is 0.421. The van der Waals surface area contributed by atoms with Crippen molar-refractivity contribution in [3.8, 4) is 0 Å². The third-order valence-electron chi connectivity index (χ3n) is 5.75. The monoisotopic (exact) mass is 479 g/mol. The summed E-state index contributed by atoms with van der Waals surface area (Å²) in [6.07, 6.45) is 2.10. The first kappa shape index (κ1) is 28.9. The molecule has 3 fully saturated rings. The minimum absolute atomic E-state index is 0. The van der Waals surface area contributed by atoms with Crippen molar-refractivity contribution in [2.45, 2.75) is 40.0 Å². The van der Waals surface area contributed by atoms with Gasteiger partial charge in [0.1, 0.15) is 17.3 Å². The van der Waals surface area contributed by atoms with Gasteiger partial charge >= 0.3 is 17.1 Å². The van der Waals surface area contributed by atoms with E-state index in [0.29, 0.717) is 19.3 Å². The summed E-state index contributed by atoms with van der Waals surface area (Å²) in [5.41, 5.74) is 0. The van der Waals surface area contributed by atoms with Crippen LogP contribution >= 0.6 is 0 Å². The maximum absolute atomic E-state index is 11.1. The molecule has 3 heterocycles. The molecule has 9 nitrogen and oxygen atoms in total. The van der Waals surface area contributed by atoms with E-state index in [1.54, 1.807) is 35.8 Å². The Kier molecular flexibility index (Phi) is 11.9. The van der Waals surface area contributed by atoms with Gasteiger partial charge in [0, 0.05) is 40.8 Å². The zero-order valence-corrected chi connectivity index (χ0v) is 20.2. The summed E-state index contributed by atoms with van der Waals surface area (Å²) in [7, 11) is 5.18. The van der Waals surface area contributed by atoms with Gasteiger partial charge in [0.2, 0.25) is 17.7 Å². The Morgan fingerprint density at radius 2 is 0.774 bits per heavy atom. The number of Topliss-reactive ketones (excluding diaryl/α,β-unsaturated/α-hetero) is 3. The van der Waals surface area contributed by atoms with Crippen molar-refractivity contribution in [1.29, 1.82) is 0 Å². The predicted molar refractivity (Wildman–Crippen MR) is 109 cm³/mol. The van der Waals surface area contributed by atoms with Gasteiger partial charge in [-0.15, -0.1) is 0 Å². The third-order valence-corrected chi connectivity index (χ3v) is 5.75. The minimum atomic E-state index is -0.343. The van der Waals surface area contributed by atoms with Crippen LogP contribution in [0.25, 0.3) is 0 Å². The van der Waals surface area contributed by atoms with Crippen molar-refractivity contribution in [3.05, 3.63) is 0 Å². The van der Waals surface area contributed by atoms with E-state index in [4.69, 9.17) is 0 Å². The number of hydrogen-bond donors (Lipinski definition) is 0. The fraction of sp³-hybridized carbons (Fsp3) is 0.714. The molecule has 1 radical (unpaired) electrons. The number of likely N-dealkylation sites (tertiary alicyclic amines) is 3. The van der Waals surface area contributed by atoms with Crippen LogP contribution in [0.4, 0.5) is 0 Å². The van der Waals surface area contributed by atoms with Crippen molar-refractivity contribution in [2.75, 3.05) is 40.8 Å². The molecule has 3 aliphatic heterocycles. The van der Waals surface area contributed by atoms with Crippen molar-refractivity contribution in [3.63, 3.8) is 0 Å². The largest absolute Gasteiger partial charge is 3.00 e. The van der Waals surface area contributed by atoms with E-state index < -0.39 is 0 Å². The smallest absolute Gasteiger partial charge is 0.345 e. The SMILES string of the molecule is CC(=O)C1CCN(C)C1=O.CC(=O)C1CCN(C)C1=O.CC(=O)C1CCN(C)C1=O.[Fe+3]. The van der Waals surface area contributed by atoms with E-state index in [0.717, 1.165) is 19.6 Å². The molecule has 0 aromatic rings. The fourth-order valence-corrected chi connectivity index (χ4v) is 3.60.